The molecule has 0 atom stereocenters. The molecule has 1 heterocycles. The average molecular weight is 297 g/mol. The molecule has 0 unspecified atom stereocenters. The van der Waals surface area contributed by atoms with Crippen LogP contribution in [0.3, 0.4) is 0 Å². The van der Waals surface area contributed by atoms with Crippen molar-refractivity contribution in [1.82, 2.24) is 0 Å². The Bertz CT molecular complexity index is 504. The van der Waals surface area contributed by atoms with Crippen LogP contribution >= 0.6 is 22.9 Å². The molecule has 2 rings (SSSR count). The molecule has 0 bridgehead atoms. The lowest BCUT2D eigenvalue weighted by Gasteiger charge is -2.03. The van der Waals surface area contributed by atoms with Crippen molar-refractivity contribution in [2.45, 2.75) is 44.9 Å². The highest BCUT2D eigenvalue weighted by Gasteiger charge is 2.20. The molecule has 1 N–H and O–H groups in total. The van der Waals surface area contributed by atoms with Gasteiger partial charge in [0, 0.05) is 17.2 Å². The van der Waals surface area contributed by atoms with Crippen molar-refractivity contribution in [1.29, 1.82) is 5.26 Å². The SMILES string of the molecule is N#Cc1c(NC(=O)CCCCl)sc2c1CCCCC2. The normalized spacial score (nSPS) is 14.3. The summed E-state index contributed by atoms with van der Waals surface area (Å²) in [5, 5.41) is 12.9. The summed E-state index contributed by atoms with van der Waals surface area (Å²) in [7, 11) is 0. The van der Waals surface area contributed by atoms with Crippen LogP contribution in [0.15, 0.2) is 0 Å². The van der Waals surface area contributed by atoms with Crippen molar-refractivity contribution in [3.8, 4) is 6.07 Å². The standard InChI is InChI=1S/C14H17ClN2OS/c15-8-4-7-13(18)17-14-11(9-16)10-5-2-1-3-6-12(10)19-14/h1-8H2,(H,17,18). The van der Waals surface area contributed by atoms with E-state index in [0.717, 1.165) is 29.8 Å². The molecule has 1 aromatic rings. The zero-order valence-corrected chi connectivity index (χ0v) is 12.4. The molecule has 0 saturated heterocycles. The van der Waals surface area contributed by atoms with Gasteiger partial charge in [-0.2, -0.15) is 5.26 Å². The second kappa shape index (κ2) is 6.93. The first kappa shape index (κ1) is 14.4. The van der Waals surface area contributed by atoms with E-state index >= 15 is 0 Å². The highest BCUT2D eigenvalue weighted by atomic mass is 35.5. The molecule has 1 aliphatic rings. The van der Waals surface area contributed by atoms with Crippen LogP contribution in [-0.2, 0) is 17.6 Å². The molecule has 5 heteroatoms. The molecule has 0 spiro atoms. The summed E-state index contributed by atoms with van der Waals surface area (Å²) in [6, 6.07) is 2.26. The monoisotopic (exact) mass is 296 g/mol. The lowest BCUT2D eigenvalue weighted by molar-refractivity contribution is -0.116. The Kier molecular flexibility index (Phi) is 5.24. The van der Waals surface area contributed by atoms with Crippen LogP contribution < -0.4 is 5.32 Å². The molecule has 0 radical (unpaired) electrons. The molecule has 3 nitrogen and oxygen atoms in total. The molecular formula is C14H17ClN2OS. The number of aryl methyl sites for hydroxylation is 1. The van der Waals surface area contributed by atoms with E-state index in [1.165, 1.54) is 17.7 Å². The Morgan fingerprint density at radius 3 is 2.89 bits per heavy atom. The van der Waals surface area contributed by atoms with Gasteiger partial charge in [0.25, 0.3) is 0 Å². The summed E-state index contributed by atoms with van der Waals surface area (Å²) in [5.41, 5.74) is 1.85. The number of thiophene rings is 1. The number of alkyl halides is 1. The number of nitrogens with zero attached hydrogens (tertiary/aromatic N) is 1. The van der Waals surface area contributed by atoms with Crippen LogP contribution in [0, 0.1) is 11.3 Å². The van der Waals surface area contributed by atoms with Gasteiger partial charge < -0.3 is 5.32 Å². The van der Waals surface area contributed by atoms with Crippen molar-refractivity contribution in [3.63, 3.8) is 0 Å². The van der Waals surface area contributed by atoms with Gasteiger partial charge in [-0.3, -0.25) is 4.79 Å². The summed E-state index contributed by atoms with van der Waals surface area (Å²) in [6.07, 6.45) is 6.62. The van der Waals surface area contributed by atoms with Gasteiger partial charge in [-0.1, -0.05) is 6.42 Å². The van der Waals surface area contributed by atoms with Crippen molar-refractivity contribution < 1.29 is 4.79 Å². The first-order chi connectivity index (χ1) is 9.26. The van der Waals surface area contributed by atoms with Crippen molar-refractivity contribution in [2.24, 2.45) is 0 Å². The Morgan fingerprint density at radius 2 is 2.16 bits per heavy atom. The Morgan fingerprint density at radius 1 is 1.37 bits per heavy atom. The van der Waals surface area contributed by atoms with Crippen LogP contribution in [0.4, 0.5) is 5.00 Å². The summed E-state index contributed by atoms with van der Waals surface area (Å²) in [5.74, 6) is 0.438. The van der Waals surface area contributed by atoms with E-state index in [1.54, 1.807) is 11.3 Å². The molecule has 1 amide bonds. The first-order valence-corrected chi connectivity index (χ1v) is 8.01. The molecule has 19 heavy (non-hydrogen) atoms. The fourth-order valence-electron chi connectivity index (χ4n) is 2.37. The van der Waals surface area contributed by atoms with E-state index in [4.69, 9.17) is 11.6 Å². The number of fused-ring (bicyclic) bond motifs is 1. The van der Waals surface area contributed by atoms with Crippen LogP contribution in [0.2, 0.25) is 0 Å². The molecule has 0 fully saturated rings. The number of anilines is 1. The van der Waals surface area contributed by atoms with Crippen LogP contribution in [0.1, 0.15) is 48.1 Å². The fraction of sp³-hybridized carbons (Fsp3) is 0.571. The molecule has 1 aromatic heterocycles. The average Bonchev–Trinajstić information content (AvgIpc) is 2.58. The number of hydrogen-bond donors (Lipinski definition) is 1. The summed E-state index contributed by atoms with van der Waals surface area (Å²) < 4.78 is 0. The lowest BCUT2D eigenvalue weighted by Crippen LogP contribution is -2.11. The van der Waals surface area contributed by atoms with Gasteiger partial charge in [-0.05, 0) is 37.7 Å². The maximum Gasteiger partial charge on any atom is 0.225 e. The Hall–Kier alpha value is -1.05. The van der Waals surface area contributed by atoms with Gasteiger partial charge in [0.15, 0.2) is 0 Å². The molecular weight excluding hydrogens is 280 g/mol. The number of amides is 1. The first-order valence-electron chi connectivity index (χ1n) is 6.66. The van der Waals surface area contributed by atoms with E-state index in [9.17, 15) is 10.1 Å². The molecule has 0 saturated carbocycles. The van der Waals surface area contributed by atoms with Gasteiger partial charge in [-0.25, -0.2) is 0 Å². The minimum atomic E-state index is -0.0476. The summed E-state index contributed by atoms with van der Waals surface area (Å²) in [6.45, 7) is 0. The van der Waals surface area contributed by atoms with E-state index in [0.29, 0.717) is 24.3 Å². The van der Waals surface area contributed by atoms with Gasteiger partial charge >= 0.3 is 0 Å². The van der Waals surface area contributed by atoms with Crippen molar-refractivity contribution in [3.05, 3.63) is 16.0 Å². The number of carbonyl (C=O) groups excluding carboxylic acids is 1. The minimum Gasteiger partial charge on any atom is -0.317 e. The largest absolute Gasteiger partial charge is 0.317 e. The third kappa shape index (κ3) is 3.49. The van der Waals surface area contributed by atoms with Crippen LogP contribution in [-0.4, -0.2) is 11.8 Å². The lowest BCUT2D eigenvalue weighted by atomic mass is 10.1. The zero-order chi connectivity index (χ0) is 13.7. The summed E-state index contributed by atoms with van der Waals surface area (Å²) in [4.78, 5) is 13.0. The maximum atomic E-state index is 11.7. The van der Waals surface area contributed by atoms with E-state index in [2.05, 4.69) is 11.4 Å². The second-order valence-corrected chi connectivity index (χ2v) is 6.20. The van der Waals surface area contributed by atoms with Gasteiger partial charge in [-0.15, -0.1) is 22.9 Å². The Labute approximate surface area is 122 Å². The molecule has 102 valence electrons. The minimum absolute atomic E-state index is 0.0476. The number of rotatable bonds is 4. The number of nitriles is 1. The van der Waals surface area contributed by atoms with Crippen LogP contribution in [0.25, 0.3) is 0 Å². The van der Waals surface area contributed by atoms with E-state index < -0.39 is 0 Å². The molecule has 0 aromatic carbocycles. The number of nitrogens with one attached hydrogen (secondary N) is 1. The fourth-order valence-corrected chi connectivity index (χ4v) is 3.76. The van der Waals surface area contributed by atoms with Crippen molar-refractivity contribution >= 4 is 33.8 Å². The topological polar surface area (TPSA) is 52.9 Å². The maximum absolute atomic E-state index is 11.7. The number of carbonyl (C=O) groups is 1. The highest BCUT2D eigenvalue weighted by molar-refractivity contribution is 7.16. The van der Waals surface area contributed by atoms with Gasteiger partial charge in [0.2, 0.25) is 5.91 Å². The zero-order valence-electron chi connectivity index (χ0n) is 10.8. The number of halogens is 1. The second-order valence-electron chi connectivity index (χ2n) is 4.72. The smallest absolute Gasteiger partial charge is 0.225 e. The summed E-state index contributed by atoms with van der Waals surface area (Å²) >= 11 is 7.15. The number of hydrogen-bond acceptors (Lipinski definition) is 3. The quantitative estimate of drug-likeness (QED) is 0.678. The van der Waals surface area contributed by atoms with E-state index in [-0.39, 0.29) is 5.91 Å². The molecule has 1 aliphatic carbocycles. The third-order valence-electron chi connectivity index (χ3n) is 3.32. The third-order valence-corrected chi connectivity index (χ3v) is 4.80. The van der Waals surface area contributed by atoms with Crippen molar-refractivity contribution in [2.75, 3.05) is 11.2 Å². The predicted octanol–water partition coefficient (Wildman–Crippen LogP) is 3.85. The van der Waals surface area contributed by atoms with Gasteiger partial charge in [0.05, 0.1) is 5.56 Å². The highest BCUT2D eigenvalue weighted by Crippen LogP contribution is 2.36. The van der Waals surface area contributed by atoms with Gasteiger partial charge in [0.1, 0.15) is 11.1 Å². The van der Waals surface area contributed by atoms with Crippen LogP contribution in [0.5, 0.6) is 0 Å². The predicted molar refractivity (Wildman–Crippen MR) is 78.9 cm³/mol. The molecule has 0 aliphatic heterocycles. The Balaban J connectivity index is 2.17. The van der Waals surface area contributed by atoms with E-state index in [1.807, 2.05) is 0 Å².